The molecule has 0 unspecified atom stereocenters. The number of aromatic nitrogens is 3. The largest absolute Gasteiger partial charge is 0.356 e. The maximum absolute atomic E-state index is 4.65. The monoisotopic (exact) mass is 391 g/mol. The van der Waals surface area contributed by atoms with E-state index in [9.17, 15) is 0 Å². The summed E-state index contributed by atoms with van der Waals surface area (Å²) in [7, 11) is 1.86. The minimum absolute atomic E-state index is 0.888. The summed E-state index contributed by atoms with van der Waals surface area (Å²) in [6.07, 6.45) is 2.88. The molecule has 1 fully saturated rings. The highest BCUT2D eigenvalue weighted by Crippen LogP contribution is 2.16. The summed E-state index contributed by atoms with van der Waals surface area (Å²) in [5.41, 5.74) is 2.28. The third kappa shape index (κ3) is 4.34. The summed E-state index contributed by atoms with van der Waals surface area (Å²) >= 11 is 0. The Morgan fingerprint density at radius 2 is 1.86 bits per heavy atom. The van der Waals surface area contributed by atoms with E-state index in [4.69, 9.17) is 0 Å². The molecule has 0 atom stereocenters. The number of hydrogen-bond acceptors (Lipinski definition) is 4. The third-order valence-corrected chi connectivity index (χ3v) is 5.45. The fourth-order valence-electron chi connectivity index (χ4n) is 3.94. The fraction of sp³-hybridized carbons (Fsp3) is 0.409. The molecule has 0 radical (unpaired) electrons. The van der Waals surface area contributed by atoms with Gasteiger partial charge in [0.05, 0.1) is 11.0 Å². The molecule has 1 aromatic carbocycles. The lowest BCUT2D eigenvalue weighted by Gasteiger charge is -2.37. The summed E-state index contributed by atoms with van der Waals surface area (Å²) < 4.78 is 2.30. The Kier molecular flexibility index (Phi) is 5.93. The standard InChI is InChI=1S/C22H29N7/c1-18-26-19-8-3-4-9-20(19)29(18)13-7-12-25-22(23-2)28-16-14-27(15-17-28)21-10-5-6-11-24-21/h3-6,8-11H,7,12-17H2,1-2H3,(H,23,25). The molecule has 3 heterocycles. The van der Waals surface area contributed by atoms with Crippen molar-refractivity contribution in [2.75, 3.05) is 44.7 Å². The van der Waals surface area contributed by atoms with Gasteiger partial charge < -0.3 is 19.7 Å². The van der Waals surface area contributed by atoms with Gasteiger partial charge in [-0.1, -0.05) is 18.2 Å². The minimum Gasteiger partial charge on any atom is -0.356 e. The molecule has 0 aliphatic carbocycles. The first kappa shape index (κ1) is 19.2. The second-order valence-electron chi connectivity index (χ2n) is 7.29. The molecule has 7 nitrogen and oxygen atoms in total. The number of imidazole rings is 1. The Hall–Kier alpha value is -3.09. The van der Waals surface area contributed by atoms with E-state index in [2.05, 4.69) is 65.8 Å². The summed E-state index contributed by atoms with van der Waals surface area (Å²) in [6, 6.07) is 14.4. The highest BCUT2D eigenvalue weighted by atomic mass is 15.4. The number of benzene rings is 1. The Balaban J connectivity index is 1.26. The predicted octanol–water partition coefficient (Wildman–Crippen LogP) is 2.53. The van der Waals surface area contributed by atoms with Crippen LogP contribution in [0.4, 0.5) is 5.82 Å². The van der Waals surface area contributed by atoms with E-state index >= 15 is 0 Å². The first-order valence-corrected chi connectivity index (χ1v) is 10.3. The number of nitrogens with zero attached hydrogens (tertiary/aromatic N) is 6. The van der Waals surface area contributed by atoms with E-state index in [1.54, 1.807) is 0 Å². The van der Waals surface area contributed by atoms with E-state index in [0.29, 0.717) is 0 Å². The number of hydrogen-bond donors (Lipinski definition) is 1. The van der Waals surface area contributed by atoms with Crippen molar-refractivity contribution >= 4 is 22.8 Å². The lowest BCUT2D eigenvalue weighted by atomic mass is 10.3. The first-order valence-electron chi connectivity index (χ1n) is 10.3. The molecule has 0 amide bonds. The summed E-state index contributed by atoms with van der Waals surface area (Å²) in [5.74, 6) is 3.11. The van der Waals surface area contributed by atoms with E-state index < -0.39 is 0 Å². The first-order chi connectivity index (χ1) is 14.3. The molecule has 2 aromatic heterocycles. The zero-order valence-corrected chi connectivity index (χ0v) is 17.3. The molecule has 4 rings (SSSR count). The van der Waals surface area contributed by atoms with Gasteiger partial charge in [0.2, 0.25) is 0 Å². The smallest absolute Gasteiger partial charge is 0.193 e. The van der Waals surface area contributed by atoms with Gasteiger partial charge in [-0.3, -0.25) is 4.99 Å². The van der Waals surface area contributed by atoms with E-state index in [-0.39, 0.29) is 0 Å². The van der Waals surface area contributed by atoms with E-state index in [0.717, 1.165) is 68.8 Å². The summed E-state index contributed by atoms with van der Waals surface area (Å²) in [6.45, 7) is 7.72. The van der Waals surface area contributed by atoms with Crippen molar-refractivity contribution < 1.29 is 0 Å². The molecule has 1 aliphatic heterocycles. The van der Waals surface area contributed by atoms with E-state index in [1.807, 2.05) is 31.4 Å². The Morgan fingerprint density at radius 1 is 1.07 bits per heavy atom. The second-order valence-corrected chi connectivity index (χ2v) is 7.29. The van der Waals surface area contributed by atoms with Crippen LogP contribution in [0, 0.1) is 6.92 Å². The Bertz CT molecular complexity index is 956. The van der Waals surface area contributed by atoms with Crippen molar-refractivity contribution in [3.8, 4) is 0 Å². The van der Waals surface area contributed by atoms with Crippen molar-refractivity contribution in [1.82, 2.24) is 24.8 Å². The number of para-hydroxylation sites is 2. The van der Waals surface area contributed by atoms with Gasteiger partial charge >= 0.3 is 0 Å². The summed E-state index contributed by atoms with van der Waals surface area (Å²) in [5, 5.41) is 3.53. The molecule has 1 saturated heterocycles. The molecule has 29 heavy (non-hydrogen) atoms. The van der Waals surface area contributed by atoms with Crippen molar-refractivity contribution in [3.63, 3.8) is 0 Å². The Morgan fingerprint density at radius 3 is 2.62 bits per heavy atom. The van der Waals surface area contributed by atoms with Crippen molar-refractivity contribution in [3.05, 3.63) is 54.5 Å². The molecular formula is C22H29N7. The van der Waals surface area contributed by atoms with E-state index in [1.165, 1.54) is 5.52 Å². The number of piperazine rings is 1. The number of guanidine groups is 1. The van der Waals surface area contributed by atoms with Gasteiger partial charge in [-0.15, -0.1) is 0 Å². The number of aliphatic imine (C=N–C) groups is 1. The van der Waals surface area contributed by atoms with Crippen molar-refractivity contribution in [2.45, 2.75) is 19.9 Å². The number of nitrogens with one attached hydrogen (secondary N) is 1. The normalized spacial score (nSPS) is 15.2. The molecule has 0 spiro atoms. The zero-order chi connectivity index (χ0) is 20.1. The van der Waals surface area contributed by atoms with Crippen LogP contribution in [0.2, 0.25) is 0 Å². The molecule has 1 aliphatic rings. The molecule has 1 N–H and O–H groups in total. The average Bonchev–Trinajstić information content (AvgIpc) is 3.10. The Labute approximate surface area is 172 Å². The highest BCUT2D eigenvalue weighted by Gasteiger charge is 2.20. The molecule has 0 saturated carbocycles. The third-order valence-electron chi connectivity index (χ3n) is 5.45. The molecular weight excluding hydrogens is 362 g/mol. The number of anilines is 1. The van der Waals surface area contributed by atoms with Crippen LogP contribution in [0.5, 0.6) is 0 Å². The maximum atomic E-state index is 4.65. The quantitative estimate of drug-likeness (QED) is 0.411. The molecule has 7 heteroatoms. The van der Waals surface area contributed by atoms with Crippen molar-refractivity contribution in [1.29, 1.82) is 0 Å². The van der Waals surface area contributed by atoms with Gasteiger partial charge in [-0.25, -0.2) is 9.97 Å². The molecule has 0 bridgehead atoms. The van der Waals surface area contributed by atoms with Crippen LogP contribution in [-0.4, -0.2) is 65.2 Å². The minimum atomic E-state index is 0.888. The number of rotatable bonds is 5. The predicted molar refractivity (Wildman–Crippen MR) is 118 cm³/mol. The number of pyridine rings is 1. The fourth-order valence-corrected chi connectivity index (χ4v) is 3.94. The van der Waals surface area contributed by atoms with Gasteiger partial charge in [-0.2, -0.15) is 0 Å². The van der Waals surface area contributed by atoms with Gasteiger partial charge in [-0.05, 0) is 37.6 Å². The topological polar surface area (TPSA) is 61.6 Å². The number of aryl methyl sites for hydroxylation is 2. The highest BCUT2D eigenvalue weighted by molar-refractivity contribution is 5.80. The zero-order valence-electron chi connectivity index (χ0n) is 17.3. The van der Waals surface area contributed by atoms with Gasteiger partial charge in [0, 0.05) is 52.5 Å². The number of fused-ring (bicyclic) bond motifs is 1. The summed E-state index contributed by atoms with van der Waals surface area (Å²) in [4.78, 5) is 18.3. The van der Waals surface area contributed by atoms with Crippen LogP contribution in [0.1, 0.15) is 12.2 Å². The van der Waals surface area contributed by atoms with Crippen LogP contribution >= 0.6 is 0 Å². The van der Waals surface area contributed by atoms with Crippen LogP contribution in [0.3, 0.4) is 0 Å². The molecule has 3 aromatic rings. The van der Waals surface area contributed by atoms with Crippen LogP contribution < -0.4 is 10.2 Å². The lowest BCUT2D eigenvalue weighted by Crippen LogP contribution is -2.52. The lowest BCUT2D eigenvalue weighted by molar-refractivity contribution is 0.371. The van der Waals surface area contributed by atoms with Crippen LogP contribution in [0.25, 0.3) is 11.0 Å². The average molecular weight is 392 g/mol. The SMILES string of the molecule is CN=C(NCCCn1c(C)nc2ccccc21)N1CCN(c2ccccn2)CC1. The van der Waals surface area contributed by atoms with Crippen LogP contribution in [0.15, 0.2) is 53.7 Å². The second kappa shape index (κ2) is 8.94. The maximum Gasteiger partial charge on any atom is 0.193 e. The van der Waals surface area contributed by atoms with Gasteiger partial charge in [0.15, 0.2) is 5.96 Å². The van der Waals surface area contributed by atoms with Crippen molar-refractivity contribution in [2.24, 2.45) is 4.99 Å². The van der Waals surface area contributed by atoms with Gasteiger partial charge in [0.25, 0.3) is 0 Å². The molecule has 152 valence electrons. The van der Waals surface area contributed by atoms with Crippen LogP contribution in [-0.2, 0) is 6.54 Å². The van der Waals surface area contributed by atoms with Gasteiger partial charge in [0.1, 0.15) is 11.6 Å².